The first-order valence-corrected chi connectivity index (χ1v) is 9.09. The standard InChI is InChI=1S/C19H26FN3O3/c1-26-9-8-22-14-23(13-18(22)24)19(25)16-5-3-7-21(12-16)11-15-4-2-6-17(20)10-15/h2,4,6,10,16H,3,5,7-9,11-14H2,1H3. The van der Waals surface area contributed by atoms with Crippen LogP contribution in [-0.4, -0.2) is 73.1 Å². The second-order valence-corrected chi connectivity index (χ2v) is 7.03. The molecule has 0 aliphatic carbocycles. The number of halogens is 1. The molecule has 0 spiro atoms. The van der Waals surface area contributed by atoms with Crippen molar-refractivity contribution in [2.75, 3.05) is 46.6 Å². The smallest absolute Gasteiger partial charge is 0.243 e. The number of hydrogen-bond donors (Lipinski definition) is 0. The van der Waals surface area contributed by atoms with E-state index in [2.05, 4.69) is 4.90 Å². The lowest BCUT2D eigenvalue weighted by atomic mass is 9.96. The Labute approximate surface area is 153 Å². The first kappa shape index (κ1) is 18.8. The van der Waals surface area contributed by atoms with Crippen LogP contribution in [0.3, 0.4) is 0 Å². The van der Waals surface area contributed by atoms with Crippen molar-refractivity contribution in [2.45, 2.75) is 19.4 Å². The van der Waals surface area contributed by atoms with Crippen molar-refractivity contribution in [3.8, 4) is 0 Å². The first-order valence-electron chi connectivity index (χ1n) is 9.09. The molecule has 2 aliphatic rings. The summed E-state index contributed by atoms with van der Waals surface area (Å²) in [6.45, 7) is 3.68. The maximum Gasteiger partial charge on any atom is 0.243 e. The van der Waals surface area contributed by atoms with Gasteiger partial charge in [0.1, 0.15) is 12.4 Å². The number of benzene rings is 1. The number of nitrogens with zero attached hydrogens (tertiary/aromatic N) is 3. The number of carbonyl (C=O) groups is 2. The van der Waals surface area contributed by atoms with Crippen LogP contribution in [-0.2, 0) is 20.9 Å². The van der Waals surface area contributed by atoms with Gasteiger partial charge < -0.3 is 14.5 Å². The summed E-state index contributed by atoms with van der Waals surface area (Å²) >= 11 is 0. The number of amides is 2. The Morgan fingerprint density at radius 1 is 1.38 bits per heavy atom. The van der Waals surface area contributed by atoms with Gasteiger partial charge in [-0.15, -0.1) is 0 Å². The van der Waals surface area contributed by atoms with Crippen LogP contribution in [0.25, 0.3) is 0 Å². The van der Waals surface area contributed by atoms with Crippen LogP contribution in [0.1, 0.15) is 18.4 Å². The van der Waals surface area contributed by atoms with Crippen molar-refractivity contribution in [1.29, 1.82) is 0 Å². The molecule has 2 heterocycles. The van der Waals surface area contributed by atoms with Gasteiger partial charge in [-0.25, -0.2) is 4.39 Å². The number of methoxy groups -OCH3 is 1. The molecule has 2 amide bonds. The summed E-state index contributed by atoms with van der Waals surface area (Å²) in [4.78, 5) is 30.4. The van der Waals surface area contributed by atoms with Crippen LogP contribution in [0.4, 0.5) is 4.39 Å². The van der Waals surface area contributed by atoms with E-state index >= 15 is 0 Å². The highest BCUT2D eigenvalue weighted by Crippen LogP contribution is 2.22. The van der Waals surface area contributed by atoms with Crippen LogP contribution in [0.2, 0.25) is 0 Å². The molecule has 6 nitrogen and oxygen atoms in total. The number of rotatable bonds is 6. The number of piperidine rings is 1. The largest absolute Gasteiger partial charge is 0.383 e. The molecule has 2 fully saturated rings. The monoisotopic (exact) mass is 363 g/mol. The summed E-state index contributed by atoms with van der Waals surface area (Å²) in [6, 6.07) is 6.59. The summed E-state index contributed by atoms with van der Waals surface area (Å²) in [5.41, 5.74) is 0.917. The van der Waals surface area contributed by atoms with Gasteiger partial charge in [0.15, 0.2) is 0 Å². The van der Waals surface area contributed by atoms with E-state index in [4.69, 9.17) is 4.74 Å². The third-order valence-corrected chi connectivity index (χ3v) is 5.05. The predicted molar refractivity (Wildman–Crippen MR) is 94.6 cm³/mol. The average molecular weight is 363 g/mol. The van der Waals surface area contributed by atoms with Gasteiger partial charge in [-0.3, -0.25) is 14.5 Å². The molecule has 142 valence electrons. The summed E-state index contributed by atoms with van der Waals surface area (Å²) in [5.74, 6) is -0.323. The highest BCUT2D eigenvalue weighted by atomic mass is 19.1. The molecule has 1 aromatic carbocycles. The Balaban J connectivity index is 1.55. The fourth-order valence-electron chi connectivity index (χ4n) is 3.70. The van der Waals surface area contributed by atoms with Crippen LogP contribution in [0.15, 0.2) is 24.3 Å². The summed E-state index contributed by atoms with van der Waals surface area (Å²) < 4.78 is 18.4. The van der Waals surface area contributed by atoms with Gasteiger partial charge in [0.25, 0.3) is 0 Å². The van der Waals surface area contributed by atoms with E-state index < -0.39 is 0 Å². The van der Waals surface area contributed by atoms with Crippen LogP contribution >= 0.6 is 0 Å². The molecule has 0 N–H and O–H groups in total. The lowest BCUT2D eigenvalue weighted by molar-refractivity contribution is -0.137. The van der Waals surface area contributed by atoms with Crippen LogP contribution in [0, 0.1) is 11.7 Å². The summed E-state index contributed by atoms with van der Waals surface area (Å²) in [5, 5.41) is 0. The van der Waals surface area contributed by atoms with E-state index in [0.717, 1.165) is 24.9 Å². The SMILES string of the molecule is COCCN1CN(C(=O)C2CCCN(Cc3cccc(F)c3)C2)CC1=O. The van der Waals surface area contributed by atoms with E-state index in [1.807, 2.05) is 6.07 Å². The number of carbonyl (C=O) groups excluding carboxylic acids is 2. The molecule has 0 bridgehead atoms. The molecular formula is C19H26FN3O3. The molecule has 7 heteroatoms. The van der Waals surface area contributed by atoms with Crippen molar-refractivity contribution in [3.63, 3.8) is 0 Å². The third kappa shape index (κ3) is 4.59. The van der Waals surface area contributed by atoms with Crippen molar-refractivity contribution < 1.29 is 18.7 Å². The lowest BCUT2D eigenvalue weighted by Crippen LogP contribution is -2.44. The number of hydrogen-bond acceptors (Lipinski definition) is 4. The molecule has 1 unspecified atom stereocenters. The minimum Gasteiger partial charge on any atom is -0.383 e. The first-order chi connectivity index (χ1) is 12.6. The Morgan fingerprint density at radius 3 is 3.00 bits per heavy atom. The number of ether oxygens (including phenoxy) is 1. The highest BCUT2D eigenvalue weighted by Gasteiger charge is 2.35. The van der Waals surface area contributed by atoms with E-state index in [-0.39, 0.29) is 30.1 Å². The molecule has 1 aromatic rings. The predicted octanol–water partition coefficient (Wildman–Crippen LogP) is 1.31. The zero-order valence-electron chi connectivity index (χ0n) is 15.2. The minimum atomic E-state index is -0.237. The molecule has 2 aliphatic heterocycles. The Bertz CT molecular complexity index is 655. The van der Waals surface area contributed by atoms with Crippen LogP contribution < -0.4 is 0 Å². The van der Waals surface area contributed by atoms with Crippen LogP contribution in [0.5, 0.6) is 0 Å². The summed E-state index contributed by atoms with van der Waals surface area (Å²) in [6.07, 6.45) is 1.77. The molecular weight excluding hydrogens is 337 g/mol. The molecule has 0 saturated carbocycles. The maximum absolute atomic E-state index is 13.4. The Hall–Kier alpha value is -1.99. The fourth-order valence-corrected chi connectivity index (χ4v) is 3.70. The second-order valence-electron chi connectivity index (χ2n) is 7.03. The van der Waals surface area contributed by atoms with Gasteiger partial charge in [-0.05, 0) is 37.1 Å². The van der Waals surface area contributed by atoms with Crippen molar-refractivity contribution >= 4 is 11.8 Å². The molecule has 3 rings (SSSR count). The zero-order valence-corrected chi connectivity index (χ0v) is 15.2. The van der Waals surface area contributed by atoms with Gasteiger partial charge in [-0.1, -0.05) is 12.1 Å². The Kier molecular flexibility index (Phi) is 6.21. The number of likely N-dealkylation sites (tertiary alicyclic amines) is 1. The lowest BCUT2D eigenvalue weighted by Gasteiger charge is -2.33. The van der Waals surface area contributed by atoms with Crippen molar-refractivity contribution in [3.05, 3.63) is 35.6 Å². The van der Waals surface area contributed by atoms with Crippen molar-refractivity contribution in [2.24, 2.45) is 5.92 Å². The summed E-state index contributed by atoms with van der Waals surface area (Å²) in [7, 11) is 1.60. The fraction of sp³-hybridized carbons (Fsp3) is 0.579. The molecule has 2 saturated heterocycles. The van der Waals surface area contributed by atoms with Gasteiger partial charge in [-0.2, -0.15) is 0 Å². The van der Waals surface area contributed by atoms with Gasteiger partial charge >= 0.3 is 0 Å². The molecule has 1 atom stereocenters. The molecule has 0 radical (unpaired) electrons. The normalized spacial score (nSPS) is 21.5. The minimum absolute atomic E-state index is 0.0252. The zero-order chi connectivity index (χ0) is 18.5. The van der Waals surface area contributed by atoms with E-state index in [1.165, 1.54) is 12.1 Å². The highest BCUT2D eigenvalue weighted by molar-refractivity contribution is 5.88. The maximum atomic E-state index is 13.4. The topological polar surface area (TPSA) is 53.1 Å². The van der Waals surface area contributed by atoms with Gasteiger partial charge in [0, 0.05) is 26.7 Å². The molecule has 26 heavy (non-hydrogen) atoms. The second kappa shape index (κ2) is 8.60. The third-order valence-electron chi connectivity index (χ3n) is 5.05. The van der Waals surface area contributed by atoms with Gasteiger partial charge in [0.05, 0.1) is 19.2 Å². The van der Waals surface area contributed by atoms with E-state index in [0.29, 0.717) is 32.9 Å². The quantitative estimate of drug-likeness (QED) is 0.765. The van der Waals surface area contributed by atoms with E-state index in [9.17, 15) is 14.0 Å². The van der Waals surface area contributed by atoms with Crippen molar-refractivity contribution in [1.82, 2.24) is 14.7 Å². The average Bonchev–Trinajstić information content (AvgIpc) is 3.00. The van der Waals surface area contributed by atoms with E-state index in [1.54, 1.807) is 23.0 Å². The Morgan fingerprint density at radius 2 is 2.23 bits per heavy atom. The molecule has 0 aromatic heterocycles. The van der Waals surface area contributed by atoms with Gasteiger partial charge in [0.2, 0.25) is 11.8 Å².